The Kier molecular flexibility index (Phi) is 14.1. The SMILES string of the molecule is CC(O)CC(O)CC1OCC(C)(C)[C@H](C(=O)NCCC(=O)NCCSC(=O)CC(=O)CCC(=O)O)O1. The van der Waals surface area contributed by atoms with Crippen LogP contribution in [0.1, 0.15) is 59.3 Å². The summed E-state index contributed by atoms with van der Waals surface area (Å²) < 4.78 is 11.4. The van der Waals surface area contributed by atoms with Gasteiger partial charge < -0.3 is 35.4 Å². The van der Waals surface area contributed by atoms with E-state index in [4.69, 9.17) is 14.6 Å². The molecule has 3 unspecified atom stereocenters. The van der Waals surface area contributed by atoms with E-state index in [-0.39, 0.29) is 75.0 Å². The first-order chi connectivity index (χ1) is 16.8. The van der Waals surface area contributed by atoms with Crippen LogP contribution in [0.25, 0.3) is 0 Å². The molecular weight excluding hydrogens is 496 g/mol. The van der Waals surface area contributed by atoms with Gasteiger partial charge in [-0.3, -0.25) is 24.0 Å². The van der Waals surface area contributed by atoms with Crippen LogP contribution < -0.4 is 10.6 Å². The quantitative estimate of drug-likeness (QED) is 0.132. The maximum absolute atomic E-state index is 12.7. The number of Topliss-reactive ketones (excluding diaryl/α,β-unsaturated/α-hetero) is 1. The van der Waals surface area contributed by atoms with Crippen LogP contribution in [0.3, 0.4) is 0 Å². The molecular formula is C23H38N2O10S. The number of carboxylic acids is 1. The Morgan fingerprint density at radius 3 is 2.39 bits per heavy atom. The van der Waals surface area contributed by atoms with Crippen LogP contribution in [-0.4, -0.2) is 94.1 Å². The number of aliphatic hydroxyl groups is 2. The van der Waals surface area contributed by atoms with E-state index in [2.05, 4.69) is 10.6 Å². The Hall–Kier alpha value is -2.06. The number of nitrogens with one attached hydrogen (secondary N) is 2. The summed E-state index contributed by atoms with van der Waals surface area (Å²) in [6.07, 6.45) is -3.71. The highest BCUT2D eigenvalue weighted by atomic mass is 32.2. The molecule has 1 saturated heterocycles. The van der Waals surface area contributed by atoms with Crippen LogP contribution in [0.4, 0.5) is 0 Å². The second-order valence-corrected chi connectivity index (χ2v) is 10.6. The van der Waals surface area contributed by atoms with Gasteiger partial charge in [0.15, 0.2) is 11.4 Å². The van der Waals surface area contributed by atoms with Gasteiger partial charge in [0, 0.05) is 43.5 Å². The second kappa shape index (κ2) is 15.9. The first-order valence-corrected chi connectivity index (χ1v) is 12.9. The number of hydrogen-bond donors (Lipinski definition) is 5. The fourth-order valence-electron chi connectivity index (χ4n) is 3.39. The summed E-state index contributed by atoms with van der Waals surface area (Å²) in [5.41, 5.74) is -0.628. The zero-order valence-electron chi connectivity index (χ0n) is 21.0. The number of carbonyl (C=O) groups is 5. The minimum Gasteiger partial charge on any atom is -0.481 e. The number of aliphatic hydroxyl groups excluding tert-OH is 2. The number of aliphatic carboxylic acids is 1. The highest BCUT2D eigenvalue weighted by Gasteiger charge is 2.43. The number of ketones is 1. The third kappa shape index (κ3) is 13.3. The van der Waals surface area contributed by atoms with Gasteiger partial charge >= 0.3 is 5.97 Å². The number of carbonyl (C=O) groups excluding carboxylic acids is 4. The molecule has 1 fully saturated rings. The van der Waals surface area contributed by atoms with Crippen molar-refractivity contribution < 1.29 is 48.8 Å². The maximum Gasteiger partial charge on any atom is 0.303 e. The zero-order valence-corrected chi connectivity index (χ0v) is 21.8. The predicted octanol–water partition coefficient (Wildman–Crippen LogP) is -0.0177. The zero-order chi connectivity index (χ0) is 27.3. The number of hydrogen-bond acceptors (Lipinski definition) is 10. The molecule has 4 atom stereocenters. The fraction of sp³-hybridized carbons (Fsp3) is 0.783. The summed E-state index contributed by atoms with van der Waals surface area (Å²) in [6.45, 7) is 5.69. The highest BCUT2D eigenvalue weighted by Crippen LogP contribution is 2.32. The maximum atomic E-state index is 12.7. The van der Waals surface area contributed by atoms with Gasteiger partial charge in [-0.15, -0.1) is 0 Å². The summed E-state index contributed by atoms with van der Waals surface area (Å²) in [4.78, 5) is 58.3. The van der Waals surface area contributed by atoms with Crippen molar-refractivity contribution in [3.63, 3.8) is 0 Å². The summed E-state index contributed by atoms with van der Waals surface area (Å²) in [6, 6.07) is 0. The number of rotatable bonds is 16. The first kappa shape index (κ1) is 32.0. The number of ether oxygens (including phenoxy) is 2. The standard InChI is InChI=1S/C23H38N2O10S/c1-14(26)10-16(28)12-20-34-13-23(2,3)21(35-20)22(33)25-7-6-17(29)24-8-9-36-19(32)11-15(27)4-5-18(30)31/h14,16,20-21,26,28H,4-13H2,1-3H3,(H,24,29)(H,25,33)(H,30,31)/t14?,16?,20?,21-/m0/s1. The molecule has 1 aliphatic rings. The molecule has 0 aromatic carbocycles. The van der Waals surface area contributed by atoms with Crippen LogP contribution in [0.5, 0.6) is 0 Å². The van der Waals surface area contributed by atoms with Crippen molar-refractivity contribution in [1.82, 2.24) is 10.6 Å². The monoisotopic (exact) mass is 534 g/mol. The first-order valence-electron chi connectivity index (χ1n) is 11.9. The van der Waals surface area contributed by atoms with Crippen LogP contribution in [0.15, 0.2) is 0 Å². The Labute approximate surface area is 214 Å². The minimum atomic E-state index is -1.10. The molecule has 0 bridgehead atoms. The molecule has 0 saturated carbocycles. The smallest absolute Gasteiger partial charge is 0.303 e. The summed E-state index contributed by atoms with van der Waals surface area (Å²) >= 11 is 0.884. The van der Waals surface area contributed by atoms with Crippen molar-refractivity contribution in [2.24, 2.45) is 5.41 Å². The van der Waals surface area contributed by atoms with Crippen LogP contribution >= 0.6 is 11.8 Å². The number of carboxylic acid groups (broad SMARTS) is 1. The minimum absolute atomic E-state index is 0.0121. The lowest BCUT2D eigenvalue weighted by atomic mass is 9.85. The Bertz CT molecular complexity index is 774. The van der Waals surface area contributed by atoms with E-state index in [0.717, 1.165) is 11.8 Å². The van der Waals surface area contributed by atoms with Crippen LogP contribution in [0.2, 0.25) is 0 Å². The van der Waals surface area contributed by atoms with E-state index >= 15 is 0 Å². The Morgan fingerprint density at radius 1 is 1.06 bits per heavy atom. The molecule has 1 aliphatic heterocycles. The van der Waals surface area contributed by atoms with Gasteiger partial charge in [-0.25, -0.2) is 0 Å². The summed E-state index contributed by atoms with van der Waals surface area (Å²) in [5, 5.41) is 32.8. The second-order valence-electron chi connectivity index (χ2n) is 9.44. The van der Waals surface area contributed by atoms with E-state index in [0.29, 0.717) is 0 Å². The van der Waals surface area contributed by atoms with Crippen molar-refractivity contribution in [2.45, 2.75) is 83.9 Å². The third-order valence-corrected chi connectivity index (χ3v) is 6.13. The summed E-state index contributed by atoms with van der Waals surface area (Å²) in [5.74, 6) is -2.00. The third-order valence-electron chi connectivity index (χ3n) is 5.25. The molecule has 2 amide bonds. The van der Waals surface area contributed by atoms with E-state index in [1.165, 1.54) is 0 Å². The molecule has 36 heavy (non-hydrogen) atoms. The molecule has 0 aliphatic carbocycles. The molecule has 0 radical (unpaired) electrons. The number of amides is 2. The van der Waals surface area contributed by atoms with Gasteiger partial charge in [-0.05, 0) is 13.3 Å². The average Bonchev–Trinajstić information content (AvgIpc) is 2.75. The fourth-order valence-corrected chi connectivity index (χ4v) is 4.09. The van der Waals surface area contributed by atoms with Crippen molar-refractivity contribution in [3.8, 4) is 0 Å². The van der Waals surface area contributed by atoms with Crippen LogP contribution in [-0.2, 0) is 33.4 Å². The van der Waals surface area contributed by atoms with Crippen molar-refractivity contribution in [2.75, 3.05) is 25.4 Å². The predicted molar refractivity (Wildman–Crippen MR) is 130 cm³/mol. The molecule has 0 spiro atoms. The van der Waals surface area contributed by atoms with Crippen molar-refractivity contribution in [1.29, 1.82) is 0 Å². The molecule has 0 aromatic heterocycles. The molecule has 0 aromatic rings. The topological polar surface area (TPSA) is 189 Å². The molecule has 13 heteroatoms. The van der Waals surface area contributed by atoms with Gasteiger partial charge in [0.25, 0.3) is 0 Å². The lowest BCUT2D eigenvalue weighted by Crippen LogP contribution is -2.54. The largest absolute Gasteiger partial charge is 0.481 e. The summed E-state index contributed by atoms with van der Waals surface area (Å²) in [7, 11) is 0. The van der Waals surface area contributed by atoms with E-state index in [9.17, 15) is 34.2 Å². The molecule has 5 N–H and O–H groups in total. The Balaban J connectivity index is 2.29. The van der Waals surface area contributed by atoms with E-state index < -0.39 is 47.7 Å². The molecule has 12 nitrogen and oxygen atoms in total. The van der Waals surface area contributed by atoms with Crippen molar-refractivity contribution >= 4 is 40.4 Å². The van der Waals surface area contributed by atoms with E-state index in [1.54, 1.807) is 6.92 Å². The normalized spacial score (nSPS) is 20.7. The van der Waals surface area contributed by atoms with Gasteiger partial charge in [0.2, 0.25) is 11.8 Å². The Morgan fingerprint density at radius 2 is 1.75 bits per heavy atom. The molecule has 1 heterocycles. The molecule has 206 valence electrons. The highest BCUT2D eigenvalue weighted by molar-refractivity contribution is 8.13. The van der Waals surface area contributed by atoms with Crippen LogP contribution in [0, 0.1) is 5.41 Å². The average molecular weight is 535 g/mol. The number of thioether (sulfide) groups is 1. The molecule has 1 rings (SSSR count). The van der Waals surface area contributed by atoms with Crippen molar-refractivity contribution in [3.05, 3.63) is 0 Å². The van der Waals surface area contributed by atoms with Gasteiger partial charge in [-0.1, -0.05) is 25.6 Å². The van der Waals surface area contributed by atoms with Gasteiger partial charge in [0.05, 0.1) is 31.7 Å². The lowest BCUT2D eigenvalue weighted by molar-refractivity contribution is -0.261. The van der Waals surface area contributed by atoms with Gasteiger partial charge in [0.1, 0.15) is 11.9 Å². The van der Waals surface area contributed by atoms with E-state index in [1.807, 2.05) is 13.8 Å². The lowest BCUT2D eigenvalue weighted by Gasteiger charge is -2.41. The van der Waals surface area contributed by atoms with Gasteiger partial charge in [-0.2, -0.15) is 0 Å².